The molecule has 1 heterocycles. The van der Waals surface area contributed by atoms with E-state index in [0.717, 1.165) is 11.1 Å². The minimum Gasteiger partial charge on any atom is -0.497 e. The van der Waals surface area contributed by atoms with E-state index in [2.05, 4.69) is 4.74 Å². The van der Waals surface area contributed by atoms with Crippen LogP contribution in [-0.2, 0) is 11.2 Å². The molecule has 2 aromatic rings. The summed E-state index contributed by atoms with van der Waals surface area (Å²) >= 11 is 0. The first-order valence-corrected chi connectivity index (χ1v) is 8.61. The first kappa shape index (κ1) is 19.9. The average molecular weight is 395 g/mol. The number of fused-ring (bicyclic) bond motifs is 1. The zero-order chi connectivity index (χ0) is 20.5. The SMILES string of the molecule is COc1cc2c(c(OC)c1)C(c1cccc(OC(F)(F)F)c1)N(C(C)=O)CC2. The van der Waals surface area contributed by atoms with Gasteiger partial charge in [-0.3, -0.25) is 4.79 Å². The molecule has 1 aliphatic rings. The van der Waals surface area contributed by atoms with Crippen molar-refractivity contribution in [1.82, 2.24) is 4.90 Å². The average Bonchev–Trinajstić information content (AvgIpc) is 2.64. The van der Waals surface area contributed by atoms with Gasteiger partial charge in [0, 0.05) is 25.1 Å². The lowest BCUT2D eigenvalue weighted by Crippen LogP contribution is -2.39. The molecule has 1 atom stereocenters. The van der Waals surface area contributed by atoms with Crippen LogP contribution in [0.15, 0.2) is 36.4 Å². The second-order valence-electron chi connectivity index (χ2n) is 6.39. The van der Waals surface area contributed by atoms with Crippen LogP contribution >= 0.6 is 0 Å². The first-order chi connectivity index (χ1) is 13.2. The second kappa shape index (κ2) is 7.61. The molecule has 0 saturated heterocycles. The van der Waals surface area contributed by atoms with Crippen LogP contribution < -0.4 is 14.2 Å². The highest BCUT2D eigenvalue weighted by Gasteiger charge is 2.35. The standard InChI is InChI=1S/C20H20F3NO4/c1-12(25)24-8-7-13-9-16(26-2)11-17(27-3)18(13)19(24)14-5-4-6-15(10-14)28-20(21,22)23/h4-6,9-11,19H,7-8H2,1-3H3. The number of hydrogen-bond acceptors (Lipinski definition) is 4. The van der Waals surface area contributed by atoms with Crippen LogP contribution in [0.1, 0.15) is 29.7 Å². The van der Waals surface area contributed by atoms with Gasteiger partial charge < -0.3 is 19.1 Å². The van der Waals surface area contributed by atoms with Crippen molar-refractivity contribution in [3.8, 4) is 17.2 Å². The molecule has 8 heteroatoms. The Morgan fingerprint density at radius 3 is 2.46 bits per heavy atom. The van der Waals surface area contributed by atoms with Crippen molar-refractivity contribution in [2.45, 2.75) is 25.7 Å². The Hall–Kier alpha value is -2.90. The molecule has 1 amide bonds. The summed E-state index contributed by atoms with van der Waals surface area (Å²) in [6.07, 6.45) is -4.22. The first-order valence-electron chi connectivity index (χ1n) is 8.61. The zero-order valence-electron chi connectivity index (χ0n) is 15.7. The van der Waals surface area contributed by atoms with E-state index in [0.29, 0.717) is 30.0 Å². The summed E-state index contributed by atoms with van der Waals surface area (Å²) in [6.45, 7) is 1.86. The second-order valence-corrected chi connectivity index (χ2v) is 6.39. The number of halogens is 3. The molecule has 0 aromatic heterocycles. The Kier molecular flexibility index (Phi) is 5.40. The van der Waals surface area contributed by atoms with Gasteiger partial charge in [0.1, 0.15) is 17.2 Å². The number of ether oxygens (including phenoxy) is 3. The molecule has 0 radical (unpaired) electrons. The van der Waals surface area contributed by atoms with E-state index in [4.69, 9.17) is 9.47 Å². The van der Waals surface area contributed by atoms with Crippen LogP contribution in [0.5, 0.6) is 17.2 Å². The molecule has 0 saturated carbocycles. The van der Waals surface area contributed by atoms with E-state index in [1.807, 2.05) is 6.07 Å². The third kappa shape index (κ3) is 4.00. The number of rotatable bonds is 4. The molecule has 0 aliphatic carbocycles. The minimum absolute atomic E-state index is 0.185. The van der Waals surface area contributed by atoms with E-state index in [1.54, 1.807) is 24.1 Å². The highest BCUT2D eigenvalue weighted by molar-refractivity contribution is 5.75. The van der Waals surface area contributed by atoms with E-state index in [9.17, 15) is 18.0 Å². The van der Waals surface area contributed by atoms with Crippen molar-refractivity contribution < 1.29 is 32.2 Å². The van der Waals surface area contributed by atoms with E-state index < -0.39 is 12.4 Å². The Morgan fingerprint density at radius 2 is 1.86 bits per heavy atom. The molecule has 0 bridgehead atoms. The molecule has 0 fully saturated rings. The van der Waals surface area contributed by atoms with Gasteiger partial charge in [-0.1, -0.05) is 12.1 Å². The van der Waals surface area contributed by atoms with Gasteiger partial charge in [-0.25, -0.2) is 0 Å². The smallest absolute Gasteiger partial charge is 0.497 e. The fraction of sp³-hybridized carbons (Fsp3) is 0.350. The number of alkyl halides is 3. The van der Waals surface area contributed by atoms with Crippen molar-refractivity contribution in [2.24, 2.45) is 0 Å². The summed E-state index contributed by atoms with van der Waals surface area (Å²) in [5.41, 5.74) is 2.15. The number of carbonyl (C=O) groups excluding carboxylic acids is 1. The Balaban J connectivity index is 2.15. The molecular weight excluding hydrogens is 375 g/mol. The normalized spacial score (nSPS) is 16.4. The number of amides is 1. The Morgan fingerprint density at radius 1 is 1.11 bits per heavy atom. The van der Waals surface area contributed by atoms with Gasteiger partial charge >= 0.3 is 6.36 Å². The molecule has 1 aliphatic heterocycles. The molecule has 0 spiro atoms. The summed E-state index contributed by atoms with van der Waals surface area (Å²) < 4.78 is 52.8. The highest BCUT2D eigenvalue weighted by Crippen LogP contribution is 2.43. The minimum atomic E-state index is -4.80. The van der Waals surface area contributed by atoms with Crippen LogP contribution in [0.4, 0.5) is 13.2 Å². The summed E-state index contributed by atoms with van der Waals surface area (Å²) in [6, 6.07) is 8.63. The highest BCUT2D eigenvalue weighted by atomic mass is 19.4. The number of benzene rings is 2. The van der Waals surface area contributed by atoms with Crippen molar-refractivity contribution in [3.63, 3.8) is 0 Å². The van der Waals surface area contributed by atoms with Gasteiger partial charge in [0.2, 0.25) is 5.91 Å². The van der Waals surface area contributed by atoms with E-state index >= 15 is 0 Å². The van der Waals surface area contributed by atoms with Crippen LogP contribution in [0, 0.1) is 0 Å². The summed E-state index contributed by atoms with van der Waals surface area (Å²) in [5, 5.41) is 0. The lowest BCUT2D eigenvalue weighted by molar-refractivity contribution is -0.274. The van der Waals surface area contributed by atoms with Crippen molar-refractivity contribution in [1.29, 1.82) is 0 Å². The lowest BCUT2D eigenvalue weighted by atomic mass is 9.87. The zero-order valence-corrected chi connectivity index (χ0v) is 15.7. The van der Waals surface area contributed by atoms with Crippen LogP contribution in [0.2, 0.25) is 0 Å². The van der Waals surface area contributed by atoms with Gasteiger partial charge in [0.25, 0.3) is 0 Å². The maximum atomic E-state index is 12.6. The quantitative estimate of drug-likeness (QED) is 0.782. The molecule has 5 nitrogen and oxygen atoms in total. The molecule has 28 heavy (non-hydrogen) atoms. The van der Waals surface area contributed by atoms with E-state index in [-0.39, 0.29) is 11.7 Å². The number of nitrogens with zero attached hydrogens (tertiary/aromatic N) is 1. The van der Waals surface area contributed by atoms with Crippen molar-refractivity contribution in [3.05, 3.63) is 53.1 Å². The molecule has 1 unspecified atom stereocenters. The Labute approximate surface area is 160 Å². The molecular formula is C20H20F3NO4. The van der Waals surface area contributed by atoms with Gasteiger partial charge in [0.15, 0.2) is 0 Å². The van der Waals surface area contributed by atoms with Crippen LogP contribution in [-0.4, -0.2) is 37.9 Å². The number of carbonyl (C=O) groups is 1. The predicted octanol–water partition coefficient (Wildman–Crippen LogP) is 4.10. The third-order valence-electron chi connectivity index (χ3n) is 4.68. The number of hydrogen-bond donors (Lipinski definition) is 0. The monoisotopic (exact) mass is 395 g/mol. The van der Waals surface area contributed by atoms with Crippen molar-refractivity contribution in [2.75, 3.05) is 20.8 Å². The summed E-state index contributed by atoms with van der Waals surface area (Å²) in [4.78, 5) is 13.9. The van der Waals surface area contributed by atoms with Crippen LogP contribution in [0.25, 0.3) is 0 Å². The lowest BCUT2D eigenvalue weighted by Gasteiger charge is -2.38. The molecule has 150 valence electrons. The molecule has 0 N–H and O–H groups in total. The largest absolute Gasteiger partial charge is 0.573 e. The van der Waals surface area contributed by atoms with Crippen LogP contribution in [0.3, 0.4) is 0 Å². The maximum absolute atomic E-state index is 12.6. The fourth-order valence-corrected chi connectivity index (χ4v) is 3.55. The summed E-state index contributed by atoms with van der Waals surface area (Å²) in [7, 11) is 3.04. The van der Waals surface area contributed by atoms with Crippen molar-refractivity contribution >= 4 is 5.91 Å². The summed E-state index contributed by atoms with van der Waals surface area (Å²) in [5.74, 6) is 0.594. The fourth-order valence-electron chi connectivity index (χ4n) is 3.55. The topological polar surface area (TPSA) is 48.0 Å². The van der Waals surface area contributed by atoms with Gasteiger partial charge in [-0.15, -0.1) is 13.2 Å². The predicted molar refractivity (Wildman–Crippen MR) is 95.6 cm³/mol. The Bertz CT molecular complexity index is 865. The number of methoxy groups -OCH3 is 2. The third-order valence-corrected chi connectivity index (χ3v) is 4.68. The maximum Gasteiger partial charge on any atom is 0.573 e. The van der Waals surface area contributed by atoms with Gasteiger partial charge in [-0.2, -0.15) is 0 Å². The molecule has 3 rings (SSSR count). The van der Waals surface area contributed by atoms with Gasteiger partial charge in [-0.05, 0) is 35.7 Å². The van der Waals surface area contributed by atoms with E-state index in [1.165, 1.54) is 32.2 Å². The van der Waals surface area contributed by atoms with Gasteiger partial charge in [0.05, 0.1) is 20.3 Å². The molecule has 2 aromatic carbocycles.